The van der Waals surface area contributed by atoms with Crippen molar-refractivity contribution in [1.29, 1.82) is 0 Å². The Bertz CT molecular complexity index is 242. The van der Waals surface area contributed by atoms with Crippen molar-refractivity contribution in [1.82, 2.24) is 15.0 Å². The predicted octanol–water partition coefficient (Wildman–Crippen LogP) is 2.07. The van der Waals surface area contributed by atoms with Crippen molar-refractivity contribution in [2.45, 2.75) is 33.2 Å². The fourth-order valence-corrected chi connectivity index (χ4v) is 1.26. The summed E-state index contributed by atoms with van der Waals surface area (Å²) in [7, 11) is 0. The Balaban J connectivity index is 3.00. The molecule has 4 heteroatoms. The van der Waals surface area contributed by atoms with Gasteiger partial charge in [0, 0.05) is 6.04 Å². The van der Waals surface area contributed by atoms with E-state index < -0.39 is 0 Å². The third-order valence-corrected chi connectivity index (χ3v) is 1.92. The number of hydrogen-bond donors (Lipinski definition) is 0. The maximum atomic E-state index is 5.96. The van der Waals surface area contributed by atoms with Crippen molar-refractivity contribution in [2.24, 2.45) is 0 Å². The van der Waals surface area contributed by atoms with Crippen LogP contribution in [0.2, 0.25) is 5.15 Å². The summed E-state index contributed by atoms with van der Waals surface area (Å²) in [5.41, 5.74) is 0.875. The van der Waals surface area contributed by atoms with Gasteiger partial charge in [-0.25, -0.2) is 4.68 Å². The fraction of sp³-hybridized carbons (Fsp3) is 0.714. The molecule has 0 aliphatic carbocycles. The highest BCUT2D eigenvalue weighted by atomic mass is 35.5. The molecule has 0 aliphatic heterocycles. The molecule has 0 radical (unpaired) electrons. The summed E-state index contributed by atoms with van der Waals surface area (Å²) in [6.07, 6.45) is 0.839. The first kappa shape index (κ1) is 8.53. The van der Waals surface area contributed by atoms with E-state index in [1.807, 2.05) is 20.8 Å². The lowest BCUT2D eigenvalue weighted by Gasteiger charge is -2.04. The topological polar surface area (TPSA) is 30.7 Å². The molecule has 62 valence electrons. The Morgan fingerprint density at radius 3 is 2.45 bits per heavy atom. The van der Waals surface area contributed by atoms with E-state index in [1.165, 1.54) is 0 Å². The van der Waals surface area contributed by atoms with Gasteiger partial charge in [0.05, 0.1) is 0 Å². The molecule has 1 heterocycles. The Morgan fingerprint density at radius 2 is 2.18 bits per heavy atom. The average molecular weight is 174 g/mol. The number of aryl methyl sites for hydroxylation is 1. The van der Waals surface area contributed by atoms with Crippen LogP contribution in [0.4, 0.5) is 0 Å². The third kappa shape index (κ3) is 1.53. The second-order valence-electron chi connectivity index (χ2n) is 2.72. The summed E-state index contributed by atoms with van der Waals surface area (Å²) < 4.78 is 1.72. The third-order valence-electron chi connectivity index (χ3n) is 1.53. The number of aromatic nitrogens is 3. The van der Waals surface area contributed by atoms with Gasteiger partial charge in [-0.1, -0.05) is 23.7 Å². The lowest BCUT2D eigenvalue weighted by Crippen LogP contribution is -2.02. The van der Waals surface area contributed by atoms with Crippen molar-refractivity contribution in [3.05, 3.63) is 10.8 Å². The van der Waals surface area contributed by atoms with E-state index in [-0.39, 0.29) is 6.04 Å². The minimum absolute atomic E-state index is 0.287. The smallest absolute Gasteiger partial charge is 0.150 e. The maximum absolute atomic E-state index is 5.96. The van der Waals surface area contributed by atoms with E-state index in [4.69, 9.17) is 11.6 Å². The van der Waals surface area contributed by atoms with Crippen molar-refractivity contribution in [3.63, 3.8) is 0 Å². The second-order valence-corrected chi connectivity index (χ2v) is 3.08. The summed E-state index contributed by atoms with van der Waals surface area (Å²) in [4.78, 5) is 0. The van der Waals surface area contributed by atoms with Crippen LogP contribution >= 0.6 is 11.6 Å². The number of rotatable bonds is 2. The molecule has 0 aromatic carbocycles. The van der Waals surface area contributed by atoms with Crippen molar-refractivity contribution in [2.75, 3.05) is 0 Å². The SMILES string of the molecule is CCc1nnn(C(C)C)c1Cl. The molecule has 0 aliphatic rings. The molecule has 0 saturated carbocycles. The van der Waals surface area contributed by atoms with Crippen LogP contribution in [0.1, 0.15) is 32.5 Å². The highest BCUT2D eigenvalue weighted by Crippen LogP contribution is 2.16. The normalized spacial score (nSPS) is 11.0. The minimum Gasteiger partial charge on any atom is -0.231 e. The van der Waals surface area contributed by atoms with E-state index in [9.17, 15) is 0 Å². The standard InChI is InChI=1S/C7H12ClN3/c1-4-6-7(8)11(5(2)3)10-9-6/h5H,4H2,1-3H3. The molecule has 0 amide bonds. The van der Waals surface area contributed by atoms with Gasteiger partial charge >= 0.3 is 0 Å². The van der Waals surface area contributed by atoms with Crippen LogP contribution in [0.25, 0.3) is 0 Å². The average Bonchev–Trinajstić information content (AvgIpc) is 2.30. The van der Waals surface area contributed by atoms with Gasteiger partial charge in [0.2, 0.25) is 0 Å². The quantitative estimate of drug-likeness (QED) is 0.686. The summed E-state index contributed by atoms with van der Waals surface area (Å²) in [5.74, 6) is 0. The molecule has 1 aromatic rings. The van der Waals surface area contributed by atoms with Crippen LogP contribution in [0.15, 0.2) is 0 Å². The summed E-state index contributed by atoms with van der Waals surface area (Å²) in [6.45, 7) is 6.07. The van der Waals surface area contributed by atoms with E-state index >= 15 is 0 Å². The molecular formula is C7H12ClN3. The van der Waals surface area contributed by atoms with Crippen LogP contribution in [0, 0.1) is 0 Å². The molecule has 0 atom stereocenters. The zero-order valence-electron chi connectivity index (χ0n) is 7.00. The zero-order chi connectivity index (χ0) is 8.43. The van der Waals surface area contributed by atoms with Crippen molar-refractivity contribution >= 4 is 11.6 Å². The predicted molar refractivity (Wildman–Crippen MR) is 44.8 cm³/mol. The van der Waals surface area contributed by atoms with Crippen LogP contribution in [0.3, 0.4) is 0 Å². The van der Waals surface area contributed by atoms with Crippen LogP contribution < -0.4 is 0 Å². The second kappa shape index (κ2) is 3.22. The number of halogens is 1. The van der Waals surface area contributed by atoms with Gasteiger partial charge in [0.25, 0.3) is 0 Å². The Hall–Kier alpha value is -0.570. The molecule has 1 rings (SSSR count). The monoisotopic (exact) mass is 173 g/mol. The van der Waals surface area contributed by atoms with Crippen LogP contribution in [-0.4, -0.2) is 15.0 Å². The van der Waals surface area contributed by atoms with Crippen LogP contribution in [-0.2, 0) is 6.42 Å². The van der Waals surface area contributed by atoms with Gasteiger partial charge in [-0.15, -0.1) is 5.10 Å². The first-order chi connectivity index (χ1) is 5.16. The molecular weight excluding hydrogens is 162 g/mol. The van der Waals surface area contributed by atoms with Gasteiger partial charge in [0.15, 0.2) is 5.15 Å². The summed E-state index contributed by atoms with van der Waals surface area (Å²) >= 11 is 5.96. The van der Waals surface area contributed by atoms with Gasteiger partial charge in [-0.2, -0.15) is 0 Å². The maximum Gasteiger partial charge on any atom is 0.150 e. The van der Waals surface area contributed by atoms with Gasteiger partial charge < -0.3 is 0 Å². The molecule has 0 saturated heterocycles. The number of hydrogen-bond acceptors (Lipinski definition) is 2. The molecule has 1 aromatic heterocycles. The van der Waals surface area contributed by atoms with E-state index in [1.54, 1.807) is 4.68 Å². The fourth-order valence-electron chi connectivity index (χ4n) is 0.861. The lowest BCUT2D eigenvalue weighted by molar-refractivity contribution is 0.514. The first-order valence-electron chi connectivity index (χ1n) is 3.76. The molecule has 0 unspecified atom stereocenters. The minimum atomic E-state index is 0.287. The highest BCUT2D eigenvalue weighted by molar-refractivity contribution is 6.30. The molecule has 0 spiro atoms. The molecule has 0 bridgehead atoms. The van der Waals surface area contributed by atoms with Crippen LogP contribution in [0.5, 0.6) is 0 Å². The molecule has 3 nitrogen and oxygen atoms in total. The molecule has 0 N–H and O–H groups in total. The lowest BCUT2D eigenvalue weighted by atomic mass is 10.3. The van der Waals surface area contributed by atoms with E-state index in [0.29, 0.717) is 5.15 Å². The molecule has 0 fully saturated rings. The van der Waals surface area contributed by atoms with E-state index in [2.05, 4.69) is 10.3 Å². The Labute approximate surface area is 71.4 Å². The van der Waals surface area contributed by atoms with E-state index in [0.717, 1.165) is 12.1 Å². The Kier molecular flexibility index (Phi) is 2.49. The van der Waals surface area contributed by atoms with Gasteiger partial charge in [-0.05, 0) is 20.3 Å². The first-order valence-corrected chi connectivity index (χ1v) is 4.14. The summed E-state index contributed by atoms with van der Waals surface area (Å²) in [5, 5.41) is 8.53. The summed E-state index contributed by atoms with van der Waals surface area (Å²) in [6, 6.07) is 0.287. The largest absolute Gasteiger partial charge is 0.231 e. The van der Waals surface area contributed by atoms with Gasteiger partial charge in [0.1, 0.15) is 5.69 Å². The van der Waals surface area contributed by atoms with Crippen molar-refractivity contribution in [3.8, 4) is 0 Å². The number of nitrogens with zero attached hydrogens (tertiary/aromatic N) is 3. The van der Waals surface area contributed by atoms with Crippen molar-refractivity contribution < 1.29 is 0 Å². The zero-order valence-corrected chi connectivity index (χ0v) is 7.76. The molecule has 11 heavy (non-hydrogen) atoms. The highest BCUT2D eigenvalue weighted by Gasteiger charge is 2.09. The Morgan fingerprint density at radius 1 is 1.55 bits per heavy atom. The van der Waals surface area contributed by atoms with Gasteiger partial charge in [-0.3, -0.25) is 0 Å².